The van der Waals surface area contributed by atoms with Gasteiger partial charge in [-0.3, -0.25) is 9.59 Å². The SMILES string of the molecule is COc1ccccc1NC(=O)c1ccc(NC(=O)C(C)Oc2ccc(S(C)(=O)=O)cc2)cc1. The van der Waals surface area contributed by atoms with Crippen molar-refractivity contribution in [1.82, 2.24) is 0 Å². The van der Waals surface area contributed by atoms with E-state index in [-0.39, 0.29) is 10.8 Å². The number of anilines is 2. The minimum atomic E-state index is -3.31. The molecule has 0 fully saturated rings. The zero-order valence-electron chi connectivity index (χ0n) is 18.4. The molecule has 0 spiro atoms. The van der Waals surface area contributed by atoms with E-state index in [1.807, 2.05) is 0 Å². The number of carbonyl (C=O) groups is 2. The van der Waals surface area contributed by atoms with Crippen LogP contribution in [0.15, 0.2) is 77.7 Å². The predicted molar refractivity (Wildman–Crippen MR) is 126 cm³/mol. The van der Waals surface area contributed by atoms with Gasteiger partial charge >= 0.3 is 0 Å². The molecule has 0 radical (unpaired) electrons. The lowest BCUT2D eigenvalue weighted by Crippen LogP contribution is -2.30. The molecular weight excluding hydrogens is 444 g/mol. The van der Waals surface area contributed by atoms with Crippen LogP contribution in [0, 0.1) is 0 Å². The van der Waals surface area contributed by atoms with Gasteiger partial charge in [-0.05, 0) is 67.6 Å². The smallest absolute Gasteiger partial charge is 0.265 e. The average Bonchev–Trinajstić information content (AvgIpc) is 2.79. The third kappa shape index (κ3) is 6.33. The Bertz CT molecular complexity index is 1240. The molecule has 172 valence electrons. The molecule has 0 aromatic heterocycles. The van der Waals surface area contributed by atoms with Gasteiger partial charge in [-0.15, -0.1) is 0 Å². The largest absolute Gasteiger partial charge is 0.495 e. The summed E-state index contributed by atoms with van der Waals surface area (Å²) < 4.78 is 33.9. The number of amides is 2. The molecule has 8 nitrogen and oxygen atoms in total. The number of nitrogens with one attached hydrogen (secondary N) is 2. The summed E-state index contributed by atoms with van der Waals surface area (Å²) in [4.78, 5) is 25.1. The molecule has 3 aromatic carbocycles. The van der Waals surface area contributed by atoms with Crippen molar-refractivity contribution in [2.24, 2.45) is 0 Å². The Morgan fingerprint density at radius 3 is 2.12 bits per heavy atom. The van der Waals surface area contributed by atoms with Crippen LogP contribution in [0.5, 0.6) is 11.5 Å². The zero-order valence-corrected chi connectivity index (χ0v) is 19.2. The number of carbonyl (C=O) groups excluding carboxylic acids is 2. The fourth-order valence-electron chi connectivity index (χ4n) is 2.91. The normalized spacial score (nSPS) is 11.8. The van der Waals surface area contributed by atoms with Crippen molar-refractivity contribution in [1.29, 1.82) is 0 Å². The minimum Gasteiger partial charge on any atom is -0.495 e. The first-order valence-electron chi connectivity index (χ1n) is 9.99. The first kappa shape index (κ1) is 23.8. The molecule has 2 amide bonds. The Morgan fingerprint density at radius 1 is 0.879 bits per heavy atom. The average molecular weight is 469 g/mol. The molecule has 3 rings (SSSR count). The Balaban J connectivity index is 1.58. The van der Waals surface area contributed by atoms with E-state index in [2.05, 4.69) is 10.6 Å². The second kappa shape index (κ2) is 10.2. The van der Waals surface area contributed by atoms with Crippen molar-refractivity contribution in [3.63, 3.8) is 0 Å². The van der Waals surface area contributed by atoms with Gasteiger partial charge in [-0.1, -0.05) is 12.1 Å². The topological polar surface area (TPSA) is 111 Å². The third-order valence-electron chi connectivity index (χ3n) is 4.70. The summed E-state index contributed by atoms with van der Waals surface area (Å²) >= 11 is 0. The van der Waals surface area contributed by atoms with Crippen LogP contribution in [-0.2, 0) is 14.6 Å². The lowest BCUT2D eigenvalue weighted by atomic mass is 10.2. The van der Waals surface area contributed by atoms with E-state index in [1.165, 1.54) is 31.4 Å². The van der Waals surface area contributed by atoms with E-state index >= 15 is 0 Å². The molecule has 0 heterocycles. The highest BCUT2D eigenvalue weighted by Gasteiger charge is 2.16. The molecule has 0 aliphatic rings. The molecule has 1 atom stereocenters. The van der Waals surface area contributed by atoms with Crippen LogP contribution in [0.2, 0.25) is 0 Å². The van der Waals surface area contributed by atoms with Gasteiger partial charge in [-0.25, -0.2) is 8.42 Å². The lowest BCUT2D eigenvalue weighted by molar-refractivity contribution is -0.122. The molecular formula is C24H24N2O6S. The standard InChI is InChI=1S/C24H24N2O6S/c1-16(32-19-12-14-20(15-13-19)33(3,29)30)23(27)25-18-10-8-17(9-11-18)24(28)26-21-6-4-5-7-22(21)31-2/h4-16H,1-3H3,(H,25,27)(H,26,28). The van der Waals surface area contributed by atoms with Crippen LogP contribution in [0.4, 0.5) is 11.4 Å². The molecule has 3 aromatic rings. The molecule has 0 aliphatic heterocycles. The van der Waals surface area contributed by atoms with Gasteiger partial charge in [0, 0.05) is 17.5 Å². The molecule has 9 heteroatoms. The predicted octanol–water partition coefficient (Wildman–Crippen LogP) is 3.76. The maximum absolute atomic E-state index is 12.5. The maximum Gasteiger partial charge on any atom is 0.265 e. The van der Waals surface area contributed by atoms with E-state index in [0.29, 0.717) is 28.4 Å². The van der Waals surface area contributed by atoms with Crippen LogP contribution in [0.25, 0.3) is 0 Å². The quantitative estimate of drug-likeness (QED) is 0.521. The summed E-state index contributed by atoms with van der Waals surface area (Å²) in [5.41, 5.74) is 1.46. The third-order valence-corrected chi connectivity index (χ3v) is 5.83. The van der Waals surface area contributed by atoms with Crippen molar-refractivity contribution in [3.8, 4) is 11.5 Å². The second-order valence-electron chi connectivity index (χ2n) is 7.22. The van der Waals surface area contributed by atoms with E-state index in [1.54, 1.807) is 55.5 Å². The fraction of sp³-hybridized carbons (Fsp3) is 0.167. The highest BCUT2D eigenvalue weighted by Crippen LogP contribution is 2.24. The Morgan fingerprint density at radius 2 is 1.52 bits per heavy atom. The summed E-state index contributed by atoms with van der Waals surface area (Å²) in [7, 11) is -1.78. The maximum atomic E-state index is 12.5. The first-order valence-corrected chi connectivity index (χ1v) is 11.9. The zero-order chi connectivity index (χ0) is 24.0. The first-order chi connectivity index (χ1) is 15.7. The number of rotatable bonds is 8. The van der Waals surface area contributed by atoms with Crippen molar-refractivity contribution in [2.75, 3.05) is 24.0 Å². The Labute approximate surface area is 192 Å². The molecule has 1 unspecified atom stereocenters. The Kier molecular flexibility index (Phi) is 7.34. The monoisotopic (exact) mass is 468 g/mol. The molecule has 0 bridgehead atoms. The lowest BCUT2D eigenvalue weighted by Gasteiger charge is -2.15. The van der Waals surface area contributed by atoms with Crippen LogP contribution < -0.4 is 20.1 Å². The van der Waals surface area contributed by atoms with Crippen LogP contribution in [0.3, 0.4) is 0 Å². The fourth-order valence-corrected chi connectivity index (χ4v) is 3.54. The van der Waals surface area contributed by atoms with Crippen molar-refractivity contribution < 1.29 is 27.5 Å². The van der Waals surface area contributed by atoms with Crippen LogP contribution >= 0.6 is 0 Å². The van der Waals surface area contributed by atoms with E-state index in [4.69, 9.17) is 9.47 Å². The summed E-state index contributed by atoms with van der Waals surface area (Å²) in [5, 5.41) is 5.51. The van der Waals surface area contributed by atoms with Crippen LogP contribution in [-0.4, -0.2) is 39.7 Å². The second-order valence-corrected chi connectivity index (χ2v) is 9.24. The minimum absolute atomic E-state index is 0.168. The van der Waals surface area contributed by atoms with Crippen molar-refractivity contribution in [2.45, 2.75) is 17.9 Å². The van der Waals surface area contributed by atoms with E-state index < -0.39 is 21.8 Å². The Hall–Kier alpha value is -3.85. The van der Waals surface area contributed by atoms with Gasteiger partial charge in [0.15, 0.2) is 15.9 Å². The number of methoxy groups -OCH3 is 1. The highest BCUT2D eigenvalue weighted by atomic mass is 32.2. The number of hydrogen-bond acceptors (Lipinski definition) is 6. The molecule has 2 N–H and O–H groups in total. The number of ether oxygens (including phenoxy) is 2. The molecule has 0 saturated heterocycles. The molecule has 0 saturated carbocycles. The number of para-hydroxylation sites is 2. The van der Waals surface area contributed by atoms with Gasteiger partial charge in [0.1, 0.15) is 11.5 Å². The highest BCUT2D eigenvalue weighted by molar-refractivity contribution is 7.90. The van der Waals surface area contributed by atoms with E-state index in [0.717, 1.165) is 6.26 Å². The van der Waals surface area contributed by atoms with Crippen LogP contribution in [0.1, 0.15) is 17.3 Å². The summed E-state index contributed by atoms with van der Waals surface area (Å²) in [6, 6.07) is 19.3. The number of hydrogen-bond donors (Lipinski definition) is 2. The summed E-state index contributed by atoms with van der Waals surface area (Å²) in [5.74, 6) is 0.211. The van der Waals surface area contributed by atoms with Gasteiger partial charge in [-0.2, -0.15) is 0 Å². The van der Waals surface area contributed by atoms with Crippen molar-refractivity contribution >= 4 is 33.0 Å². The van der Waals surface area contributed by atoms with Crippen molar-refractivity contribution in [3.05, 3.63) is 78.4 Å². The van der Waals surface area contributed by atoms with E-state index in [9.17, 15) is 18.0 Å². The number of sulfone groups is 1. The summed E-state index contributed by atoms with van der Waals surface area (Å²) in [6.07, 6.45) is 0.286. The molecule has 0 aliphatic carbocycles. The summed E-state index contributed by atoms with van der Waals surface area (Å²) in [6.45, 7) is 1.58. The molecule has 33 heavy (non-hydrogen) atoms. The van der Waals surface area contributed by atoms with Gasteiger partial charge in [0.2, 0.25) is 0 Å². The number of benzene rings is 3. The van der Waals surface area contributed by atoms with Gasteiger partial charge < -0.3 is 20.1 Å². The van der Waals surface area contributed by atoms with Gasteiger partial charge in [0.25, 0.3) is 11.8 Å². The van der Waals surface area contributed by atoms with Gasteiger partial charge in [0.05, 0.1) is 17.7 Å².